The van der Waals surface area contributed by atoms with E-state index >= 15 is 0 Å². The molecule has 27 heavy (non-hydrogen) atoms. The molecule has 0 radical (unpaired) electrons. The lowest BCUT2D eigenvalue weighted by Gasteiger charge is -2.09. The van der Waals surface area contributed by atoms with E-state index in [0.29, 0.717) is 10.8 Å². The molecule has 0 saturated carbocycles. The fraction of sp³-hybridized carbons (Fsp3) is 0.111. The van der Waals surface area contributed by atoms with Gasteiger partial charge in [-0.15, -0.1) is 0 Å². The molecule has 0 aliphatic heterocycles. The Morgan fingerprint density at radius 2 is 2.07 bits per heavy atom. The van der Waals surface area contributed by atoms with Gasteiger partial charge in [-0.3, -0.25) is 14.9 Å². The van der Waals surface area contributed by atoms with Crippen LogP contribution >= 0.6 is 11.6 Å². The average molecular weight is 387 g/mol. The minimum atomic E-state index is -0.559. The Hall–Kier alpha value is -3.39. The van der Waals surface area contributed by atoms with Crippen LogP contribution in [0, 0.1) is 17.0 Å². The second-order valence-corrected chi connectivity index (χ2v) is 6.09. The number of nitro groups is 1. The maximum atomic E-state index is 12.3. The van der Waals surface area contributed by atoms with Crippen molar-refractivity contribution in [3.63, 3.8) is 0 Å². The lowest BCUT2D eigenvalue weighted by molar-refractivity contribution is -0.383. The highest BCUT2D eigenvalue weighted by atomic mass is 35.5. The fourth-order valence-corrected chi connectivity index (χ4v) is 2.62. The van der Waals surface area contributed by atoms with Gasteiger partial charge in [0.05, 0.1) is 4.92 Å². The normalized spacial score (nSPS) is 10.4. The first-order chi connectivity index (χ1) is 12.9. The highest BCUT2D eigenvalue weighted by molar-refractivity contribution is 6.30. The molecule has 2 aromatic carbocycles. The van der Waals surface area contributed by atoms with E-state index in [1.54, 1.807) is 30.5 Å². The SMILES string of the molecule is Cc1cc(Cl)ccc1OCn1ccc(C(=O)Nc2ccccc2[N+](=O)[O-])n1. The molecule has 0 saturated heterocycles. The number of rotatable bonds is 6. The van der Waals surface area contributed by atoms with Gasteiger partial charge >= 0.3 is 0 Å². The van der Waals surface area contributed by atoms with Gasteiger partial charge in [0.15, 0.2) is 12.4 Å². The van der Waals surface area contributed by atoms with E-state index in [4.69, 9.17) is 16.3 Å². The summed E-state index contributed by atoms with van der Waals surface area (Å²) in [6.07, 6.45) is 1.58. The lowest BCUT2D eigenvalue weighted by atomic mass is 10.2. The second kappa shape index (κ2) is 7.88. The number of anilines is 1. The number of nitro benzene ring substituents is 1. The molecular formula is C18H15ClN4O4. The van der Waals surface area contributed by atoms with E-state index in [2.05, 4.69) is 10.4 Å². The van der Waals surface area contributed by atoms with Gasteiger partial charge in [0.25, 0.3) is 11.6 Å². The molecule has 3 rings (SSSR count). The van der Waals surface area contributed by atoms with Crippen LogP contribution in [-0.2, 0) is 6.73 Å². The van der Waals surface area contributed by atoms with Gasteiger partial charge in [-0.05, 0) is 42.8 Å². The number of nitrogens with zero attached hydrogens (tertiary/aromatic N) is 3. The Labute approximate surface area is 159 Å². The fourth-order valence-electron chi connectivity index (χ4n) is 2.39. The minimum absolute atomic E-state index is 0.0984. The van der Waals surface area contributed by atoms with Crippen molar-refractivity contribution in [1.82, 2.24) is 9.78 Å². The average Bonchev–Trinajstić information content (AvgIpc) is 3.10. The number of carbonyl (C=O) groups is 1. The molecule has 1 amide bonds. The largest absolute Gasteiger partial charge is 0.471 e. The van der Waals surface area contributed by atoms with Crippen molar-refractivity contribution in [3.05, 3.63) is 81.1 Å². The van der Waals surface area contributed by atoms with E-state index in [1.165, 1.54) is 28.9 Å². The van der Waals surface area contributed by atoms with Crippen LogP contribution in [0.2, 0.25) is 5.02 Å². The van der Waals surface area contributed by atoms with Crippen LogP contribution in [0.3, 0.4) is 0 Å². The van der Waals surface area contributed by atoms with E-state index in [9.17, 15) is 14.9 Å². The maximum absolute atomic E-state index is 12.3. The number of hydrogen-bond acceptors (Lipinski definition) is 5. The van der Waals surface area contributed by atoms with Gasteiger partial charge < -0.3 is 10.1 Å². The predicted octanol–water partition coefficient (Wildman–Crippen LogP) is 4.04. The zero-order valence-electron chi connectivity index (χ0n) is 14.3. The quantitative estimate of drug-likeness (QED) is 0.509. The van der Waals surface area contributed by atoms with Gasteiger partial charge in [-0.25, -0.2) is 4.68 Å². The van der Waals surface area contributed by atoms with Gasteiger partial charge in [-0.2, -0.15) is 5.10 Å². The smallest absolute Gasteiger partial charge is 0.292 e. The van der Waals surface area contributed by atoms with E-state index in [1.807, 2.05) is 6.92 Å². The molecule has 138 valence electrons. The number of para-hydroxylation sites is 2. The van der Waals surface area contributed by atoms with Crippen molar-refractivity contribution < 1.29 is 14.5 Å². The Morgan fingerprint density at radius 3 is 2.81 bits per heavy atom. The van der Waals surface area contributed by atoms with Gasteiger partial charge in [0, 0.05) is 17.3 Å². The number of ether oxygens (including phenoxy) is 1. The number of nitrogens with one attached hydrogen (secondary N) is 1. The zero-order chi connectivity index (χ0) is 19.4. The maximum Gasteiger partial charge on any atom is 0.292 e. The molecule has 0 unspecified atom stereocenters. The number of amides is 1. The first-order valence-electron chi connectivity index (χ1n) is 7.91. The molecule has 1 aromatic heterocycles. The summed E-state index contributed by atoms with van der Waals surface area (Å²) >= 11 is 5.91. The molecule has 0 atom stereocenters. The number of hydrogen-bond donors (Lipinski definition) is 1. The highest BCUT2D eigenvalue weighted by Gasteiger charge is 2.17. The number of carbonyl (C=O) groups excluding carboxylic acids is 1. The molecule has 0 aliphatic carbocycles. The molecule has 1 N–H and O–H groups in total. The van der Waals surface area contributed by atoms with Crippen LogP contribution in [-0.4, -0.2) is 20.6 Å². The van der Waals surface area contributed by atoms with Crippen molar-refractivity contribution in [2.45, 2.75) is 13.7 Å². The standard InChI is InChI=1S/C18H15ClN4O4/c1-12-10-13(19)6-7-17(12)27-11-22-9-8-15(21-22)18(24)20-14-4-2-3-5-16(14)23(25)26/h2-10H,11H2,1H3,(H,20,24). The molecule has 0 bridgehead atoms. The van der Waals surface area contributed by atoms with Gasteiger partial charge in [-0.1, -0.05) is 23.7 Å². The Morgan fingerprint density at radius 1 is 1.30 bits per heavy atom. The summed E-state index contributed by atoms with van der Waals surface area (Å²) < 4.78 is 7.11. The van der Waals surface area contributed by atoms with Crippen LogP contribution in [0.5, 0.6) is 5.75 Å². The predicted molar refractivity (Wildman–Crippen MR) is 100 cm³/mol. The zero-order valence-corrected chi connectivity index (χ0v) is 15.0. The van der Waals surface area contributed by atoms with Crippen molar-refractivity contribution in [2.24, 2.45) is 0 Å². The van der Waals surface area contributed by atoms with Crippen LogP contribution in [0.1, 0.15) is 16.1 Å². The lowest BCUT2D eigenvalue weighted by Crippen LogP contribution is -2.15. The number of aromatic nitrogens is 2. The summed E-state index contributed by atoms with van der Waals surface area (Å²) in [5.74, 6) is 0.103. The molecule has 0 spiro atoms. The molecule has 8 nitrogen and oxygen atoms in total. The van der Waals surface area contributed by atoms with Crippen molar-refractivity contribution >= 4 is 28.9 Å². The third-order valence-electron chi connectivity index (χ3n) is 3.71. The van der Waals surface area contributed by atoms with Crippen molar-refractivity contribution in [3.8, 4) is 5.75 Å². The van der Waals surface area contributed by atoms with Crippen LogP contribution in [0.15, 0.2) is 54.7 Å². The number of benzene rings is 2. The Kier molecular flexibility index (Phi) is 5.37. The monoisotopic (exact) mass is 386 g/mol. The molecule has 0 aliphatic rings. The molecule has 3 aromatic rings. The summed E-state index contributed by atoms with van der Waals surface area (Å²) in [7, 11) is 0. The highest BCUT2D eigenvalue weighted by Crippen LogP contribution is 2.24. The summed E-state index contributed by atoms with van der Waals surface area (Å²) in [6, 6.07) is 12.7. The topological polar surface area (TPSA) is 99.3 Å². The first-order valence-corrected chi connectivity index (χ1v) is 8.29. The van der Waals surface area contributed by atoms with E-state index in [0.717, 1.165) is 5.56 Å². The van der Waals surface area contributed by atoms with Crippen molar-refractivity contribution in [2.75, 3.05) is 5.32 Å². The molecular weight excluding hydrogens is 372 g/mol. The second-order valence-electron chi connectivity index (χ2n) is 5.65. The van der Waals surface area contributed by atoms with Crippen LogP contribution in [0.25, 0.3) is 0 Å². The Balaban J connectivity index is 1.67. The van der Waals surface area contributed by atoms with Gasteiger partial charge in [0.1, 0.15) is 11.4 Å². The summed E-state index contributed by atoms with van der Waals surface area (Å²) in [6.45, 7) is 1.97. The van der Waals surface area contributed by atoms with Crippen LogP contribution < -0.4 is 10.1 Å². The summed E-state index contributed by atoms with van der Waals surface area (Å²) in [4.78, 5) is 22.8. The molecule has 9 heteroatoms. The molecule has 1 heterocycles. The first kappa shape index (κ1) is 18.4. The van der Waals surface area contributed by atoms with Crippen LogP contribution in [0.4, 0.5) is 11.4 Å². The van der Waals surface area contributed by atoms with E-state index in [-0.39, 0.29) is 23.8 Å². The van der Waals surface area contributed by atoms with E-state index < -0.39 is 10.8 Å². The summed E-state index contributed by atoms with van der Waals surface area (Å²) in [5, 5.41) is 18.3. The summed E-state index contributed by atoms with van der Waals surface area (Å²) in [5.41, 5.74) is 0.913. The number of halogens is 1. The van der Waals surface area contributed by atoms with Crippen molar-refractivity contribution in [1.29, 1.82) is 0 Å². The molecule has 0 fully saturated rings. The third kappa shape index (κ3) is 4.42. The van der Waals surface area contributed by atoms with Gasteiger partial charge in [0.2, 0.25) is 0 Å². The number of aryl methyl sites for hydroxylation is 1. The third-order valence-corrected chi connectivity index (χ3v) is 3.95. The minimum Gasteiger partial charge on any atom is -0.471 e. The Bertz CT molecular complexity index is 1000.